The van der Waals surface area contributed by atoms with Crippen molar-refractivity contribution in [3.05, 3.63) is 56.7 Å². The number of thiophene rings is 1. The van der Waals surface area contributed by atoms with Gasteiger partial charge in [0.2, 0.25) is 0 Å². The van der Waals surface area contributed by atoms with Crippen LogP contribution in [-0.4, -0.2) is 12.6 Å². The van der Waals surface area contributed by atoms with E-state index >= 15 is 0 Å². The first kappa shape index (κ1) is 15.1. The monoisotopic (exact) mass is 319 g/mol. The number of nitrogens with one attached hydrogen (secondary N) is 1. The second-order valence-corrected chi connectivity index (χ2v) is 7.55. The molecule has 0 radical (unpaired) electrons. The van der Waals surface area contributed by atoms with E-state index in [0.29, 0.717) is 5.92 Å². The first-order chi connectivity index (χ1) is 10.2. The third kappa shape index (κ3) is 4.32. The van der Waals surface area contributed by atoms with Gasteiger partial charge in [0, 0.05) is 33.3 Å². The lowest BCUT2D eigenvalue weighted by Gasteiger charge is -2.17. The largest absolute Gasteiger partial charge is 0.313 e. The number of hydrogen-bond donors (Lipinski definition) is 1. The molecule has 1 aromatic carbocycles. The summed E-state index contributed by atoms with van der Waals surface area (Å²) in [5.74, 6) is 0.534. The van der Waals surface area contributed by atoms with Crippen molar-refractivity contribution in [1.82, 2.24) is 5.32 Å². The topological polar surface area (TPSA) is 12.0 Å². The molecule has 1 fully saturated rings. The summed E-state index contributed by atoms with van der Waals surface area (Å²) in [5.41, 5.74) is 1.39. The van der Waals surface area contributed by atoms with E-state index in [2.05, 4.69) is 36.5 Å². The normalized spacial score (nSPS) is 16.1. The fourth-order valence-corrected chi connectivity index (χ4v) is 3.77. The fourth-order valence-electron chi connectivity index (χ4n) is 2.60. The predicted molar refractivity (Wildman–Crippen MR) is 92.6 cm³/mol. The van der Waals surface area contributed by atoms with Crippen LogP contribution >= 0.6 is 22.9 Å². The maximum absolute atomic E-state index is 6.02. The van der Waals surface area contributed by atoms with Gasteiger partial charge in [-0.3, -0.25) is 0 Å². The Labute approximate surface area is 136 Å². The minimum atomic E-state index is 0.534. The van der Waals surface area contributed by atoms with E-state index in [1.807, 2.05) is 23.5 Å². The van der Waals surface area contributed by atoms with Gasteiger partial charge in [-0.25, -0.2) is 0 Å². The van der Waals surface area contributed by atoms with Crippen LogP contribution in [0.25, 0.3) is 0 Å². The molecular formula is C18H22ClNS. The van der Waals surface area contributed by atoms with Gasteiger partial charge in [0.05, 0.1) is 0 Å². The summed E-state index contributed by atoms with van der Waals surface area (Å²) in [6, 6.07) is 13.7. The Bertz CT molecular complexity index is 571. The van der Waals surface area contributed by atoms with Gasteiger partial charge >= 0.3 is 0 Å². The van der Waals surface area contributed by atoms with E-state index in [1.54, 1.807) is 0 Å². The molecule has 3 rings (SSSR count). The summed E-state index contributed by atoms with van der Waals surface area (Å²) < 4.78 is 0. The minimum absolute atomic E-state index is 0.534. The molecule has 0 bridgehead atoms. The molecule has 0 amide bonds. The van der Waals surface area contributed by atoms with Crippen LogP contribution in [0, 0.1) is 0 Å². The highest BCUT2D eigenvalue weighted by Gasteiger charge is 2.23. The van der Waals surface area contributed by atoms with E-state index in [0.717, 1.165) is 30.5 Å². The standard InChI is InChI=1S/C18H22ClNS/c1-2-17-9-10-18(21-17)11-14(12-20-16-7-8-16)13-3-5-15(19)6-4-13/h3-6,9-10,14,16,20H,2,7-8,11-12H2,1H3. The van der Waals surface area contributed by atoms with Crippen molar-refractivity contribution in [2.45, 2.75) is 44.6 Å². The molecule has 1 N–H and O–H groups in total. The number of halogens is 1. The molecule has 1 unspecified atom stereocenters. The molecule has 1 atom stereocenters. The van der Waals surface area contributed by atoms with Crippen molar-refractivity contribution < 1.29 is 0 Å². The van der Waals surface area contributed by atoms with Crippen LogP contribution in [0.3, 0.4) is 0 Å². The van der Waals surface area contributed by atoms with Gasteiger partial charge in [-0.1, -0.05) is 30.7 Å². The van der Waals surface area contributed by atoms with E-state index in [-0.39, 0.29) is 0 Å². The smallest absolute Gasteiger partial charge is 0.0406 e. The van der Waals surface area contributed by atoms with Gasteiger partial charge in [-0.05, 0) is 55.5 Å². The second-order valence-electron chi connectivity index (χ2n) is 5.86. The van der Waals surface area contributed by atoms with Gasteiger partial charge in [0.25, 0.3) is 0 Å². The minimum Gasteiger partial charge on any atom is -0.313 e. The van der Waals surface area contributed by atoms with Crippen LogP contribution in [0.15, 0.2) is 36.4 Å². The molecule has 1 aliphatic rings. The zero-order valence-electron chi connectivity index (χ0n) is 12.4. The zero-order chi connectivity index (χ0) is 14.7. The summed E-state index contributed by atoms with van der Waals surface area (Å²) in [5, 5.41) is 4.50. The Hall–Kier alpha value is -0.830. The summed E-state index contributed by atoms with van der Waals surface area (Å²) in [6.07, 6.45) is 4.93. The Morgan fingerprint density at radius 3 is 2.48 bits per heavy atom. The average Bonchev–Trinajstić information content (AvgIpc) is 3.22. The number of aryl methyl sites for hydroxylation is 1. The maximum Gasteiger partial charge on any atom is 0.0406 e. The van der Waals surface area contributed by atoms with Gasteiger partial charge in [0.1, 0.15) is 0 Å². The van der Waals surface area contributed by atoms with Gasteiger partial charge < -0.3 is 5.32 Å². The lowest BCUT2D eigenvalue weighted by atomic mass is 9.95. The van der Waals surface area contributed by atoms with Crippen LogP contribution in [-0.2, 0) is 12.8 Å². The lowest BCUT2D eigenvalue weighted by Crippen LogP contribution is -2.24. The van der Waals surface area contributed by atoms with Crippen molar-refractivity contribution in [2.24, 2.45) is 0 Å². The number of rotatable bonds is 7. The molecule has 1 aliphatic carbocycles. The van der Waals surface area contributed by atoms with Crippen LogP contribution in [0.1, 0.15) is 41.0 Å². The molecule has 1 heterocycles. The molecule has 0 spiro atoms. The number of benzene rings is 1. The van der Waals surface area contributed by atoms with E-state index < -0.39 is 0 Å². The van der Waals surface area contributed by atoms with Gasteiger partial charge in [-0.15, -0.1) is 11.3 Å². The highest BCUT2D eigenvalue weighted by Crippen LogP contribution is 2.28. The lowest BCUT2D eigenvalue weighted by molar-refractivity contribution is 0.580. The van der Waals surface area contributed by atoms with Crippen LogP contribution in [0.4, 0.5) is 0 Å². The van der Waals surface area contributed by atoms with Gasteiger partial charge in [0.15, 0.2) is 0 Å². The molecule has 1 nitrogen and oxygen atoms in total. The molecule has 0 aliphatic heterocycles. The molecule has 2 aromatic rings. The highest BCUT2D eigenvalue weighted by molar-refractivity contribution is 7.11. The van der Waals surface area contributed by atoms with E-state index in [9.17, 15) is 0 Å². The van der Waals surface area contributed by atoms with Crippen molar-refractivity contribution in [3.63, 3.8) is 0 Å². The molecular weight excluding hydrogens is 298 g/mol. The average molecular weight is 320 g/mol. The van der Waals surface area contributed by atoms with Crippen LogP contribution in [0.5, 0.6) is 0 Å². The summed E-state index contributed by atoms with van der Waals surface area (Å²) in [4.78, 5) is 2.97. The SMILES string of the molecule is CCc1ccc(CC(CNC2CC2)c2ccc(Cl)cc2)s1. The molecule has 0 saturated heterocycles. The van der Waals surface area contributed by atoms with Crippen LogP contribution in [0.2, 0.25) is 5.02 Å². The van der Waals surface area contributed by atoms with Gasteiger partial charge in [-0.2, -0.15) is 0 Å². The Balaban J connectivity index is 1.72. The molecule has 112 valence electrons. The third-order valence-electron chi connectivity index (χ3n) is 4.09. The number of hydrogen-bond acceptors (Lipinski definition) is 2. The molecule has 1 aromatic heterocycles. The van der Waals surface area contributed by atoms with Crippen molar-refractivity contribution in [2.75, 3.05) is 6.54 Å². The molecule has 21 heavy (non-hydrogen) atoms. The van der Waals surface area contributed by atoms with Crippen molar-refractivity contribution in [3.8, 4) is 0 Å². The highest BCUT2D eigenvalue weighted by atomic mass is 35.5. The summed E-state index contributed by atoms with van der Waals surface area (Å²) in [6.45, 7) is 3.28. The first-order valence-corrected chi connectivity index (χ1v) is 9.00. The zero-order valence-corrected chi connectivity index (χ0v) is 14.0. The summed E-state index contributed by atoms with van der Waals surface area (Å²) in [7, 11) is 0. The second kappa shape index (κ2) is 6.95. The third-order valence-corrected chi connectivity index (χ3v) is 5.59. The Kier molecular flexibility index (Phi) is 4.99. The Morgan fingerprint density at radius 2 is 1.86 bits per heavy atom. The van der Waals surface area contributed by atoms with Crippen LogP contribution < -0.4 is 5.32 Å². The van der Waals surface area contributed by atoms with E-state index in [4.69, 9.17) is 11.6 Å². The van der Waals surface area contributed by atoms with Crippen molar-refractivity contribution >= 4 is 22.9 Å². The Morgan fingerprint density at radius 1 is 1.14 bits per heavy atom. The maximum atomic E-state index is 6.02. The molecule has 1 saturated carbocycles. The quantitative estimate of drug-likeness (QED) is 0.753. The first-order valence-electron chi connectivity index (χ1n) is 7.81. The van der Waals surface area contributed by atoms with E-state index in [1.165, 1.54) is 28.2 Å². The fraction of sp³-hybridized carbons (Fsp3) is 0.444. The predicted octanol–water partition coefficient (Wildman–Crippen LogP) is 5.04. The summed E-state index contributed by atoms with van der Waals surface area (Å²) >= 11 is 7.98. The van der Waals surface area contributed by atoms with Crippen molar-refractivity contribution in [1.29, 1.82) is 0 Å². The molecule has 3 heteroatoms.